The molecule has 0 fully saturated rings. The largest absolute Gasteiger partial charge is 0 e. The smallest absolute Gasteiger partial charge is 0 e. The van der Waals surface area contributed by atoms with Crippen molar-refractivity contribution in [1.82, 2.24) is 0 Å². The molecule has 50 valence electrons. The van der Waals surface area contributed by atoms with E-state index in [1.165, 1.54) is 0 Å². The minimum absolute atomic E-state index is 0. The molecule has 0 aliphatic heterocycles. The van der Waals surface area contributed by atoms with Gasteiger partial charge >= 0.3 is 59.1 Å². The molecule has 0 bridgehead atoms. The Labute approximate surface area is 102 Å². The van der Waals surface area contributed by atoms with Crippen molar-refractivity contribution in [2.45, 2.75) is 0 Å². The number of hydrogen-bond acceptors (Lipinski definition) is 4. The Morgan fingerprint density at radius 1 is 0.875 bits per heavy atom. The summed E-state index contributed by atoms with van der Waals surface area (Å²) in [6.07, 6.45) is 0. The molecule has 0 aliphatic carbocycles. The fourth-order valence-corrected chi connectivity index (χ4v) is 0. The molecule has 2 radical (unpaired) electrons. The Morgan fingerprint density at radius 3 is 0.875 bits per heavy atom. The molecule has 0 unspecified atom stereocenters. The van der Waals surface area contributed by atoms with Crippen LogP contribution in [0.2, 0.25) is 0 Å². The van der Waals surface area contributed by atoms with Crippen molar-refractivity contribution in [2.75, 3.05) is 0 Å². The van der Waals surface area contributed by atoms with Gasteiger partial charge in [0.05, 0.1) is 0 Å². The fourth-order valence-electron chi connectivity index (χ4n) is 0. The molecule has 4 nitrogen and oxygen atoms in total. The maximum absolute atomic E-state index is 7.38. The van der Waals surface area contributed by atoms with Crippen LogP contribution in [0.15, 0.2) is 0 Å². The molecule has 8 heavy (non-hydrogen) atoms. The third-order valence-corrected chi connectivity index (χ3v) is 0. The molecule has 0 amide bonds. The van der Waals surface area contributed by atoms with E-state index in [4.69, 9.17) is 14.8 Å². The van der Waals surface area contributed by atoms with E-state index in [9.17, 15) is 0 Å². The molecule has 0 heterocycles. The molecule has 0 aromatic carbocycles. The average molecular weight is 602 g/mol. The predicted octanol–water partition coefficient (Wildman–Crippen LogP) is -3.42. The van der Waals surface area contributed by atoms with Crippen LogP contribution >= 0.6 is 0 Å². The SMILES string of the molecule is [BiH3].[Nb].[OH][Ti]([OH])([OH])[OH].[Ta]. The zero-order valence-corrected chi connectivity index (χ0v) is 16.4. The Balaban J connectivity index is -0.0000000267. The van der Waals surface area contributed by atoms with E-state index in [-0.39, 0.29) is 71.0 Å². The van der Waals surface area contributed by atoms with Crippen molar-refractivity contribution in [1.29, 1.82) is 0 Å². The molecule has 0 aliphatic rings. The van der Waals surface area contributed by atoms with Gasteiger partial charge in [-0.2, -0.15) is 0 Å². The van der Waals surface area contributed by atoms with Gasteiger partial charge in [0.15, 0.2) is 0 Å². The van der Waals surface area contributed by atoms with Crippen LogP contribution in [-0.4, -0.2) is 41.0 Å². The summed E-state index contributed by atoms with van der Waals surface area (Å²) in [6, 6.07) is 0. The summed E-state index contributed by atoms with van der Waals surface area (Å²) in [7, 11) is 0. The van der Waals surface area contributed by atoms with Crippen molar-refractivity contribution >= 4 is 26.2 Å². The number of hydrogen-bond donors (Lipinski definition) is 4. The van der Waals surface area contributed by atoms with Crippen molar-refractivity contribution in [3.63, 3.8) is 0 Å². The normalized spacial score (nSPS) is 7.50. The van der Waals surface area contributed by atoms with Gasteiger partial charge in [-0.15, -0.1) is 0 Å². The zero-order chi connectivity index (χ0) is 4.50. The zero-order valence-electron chi connectivity index (χ0n) is 3.89. The maximum atomic E-state index is 7.38. The van der Waals surface area contributed by atoms with Crippen LogP contribution in [0.4, 0.5) is 0 Å². The van der Waals surface area contributed by atoms with Crippen molar-refractivity contribution < 1.29 is 77.7 Å². The van der Waals surface area contributed by atoms with E-state index in [0.29, 0.717) is 0 Å². The van der Waals surface area contributed by atoms with Crippen molar-refractivity contribution in [3.05, 3.63) is 0 Å². The molecule has 0 spiro atoms. The van der Waals surface area contributed by atoms with Crippen LogP contribution in [-0.2, 0) is 62.9 Å². The van der Waals surface area contributed by atoms with Gasteiger partial charge in [-0.1, -0.05) is 0 Å². The minimum Gasteiger partial charge on any atom is 0 e. The molecule has 0 aromatic heterocycles. The van der Waals surface area contributed by atoms with Crippen LogP contribution in [0.3, 0.4) is 0 Å². The molecule has 0 saturated heterocycles. The summed E-state index contributed by atoms with van der Waals surface area (Å²) in [4.78, 5) is 0. The monoisotopic (exact) mass is 602 g/mol. The van der Waals surface area contributed by atoms with E-state index in [0.717, 1.165) is 0 Å². The quantitative estimate of drug-likeness (QED) is 0.218. The summed E-state index contributed by atoms with van der Waals surface area (Å²) >= 11 is -5.00. The van der Waals surface area contributed by atoms with E-state index < -0.39 is 18.1 Å². The molecule has 0 atom stereocenters. The predicted molar refractivity (Wildman–Crippen MR) is 18.8 cm³/mol. The second kappa shape index (κ2) is 9.92. The molecule has 0 rings (SSSR count). The Bertz CT molecular complexity index is 31.5. The van der Waals surface area contributed by atoms with Crippen LogP contribution in [0.5, 0.6) is 0 Å². The molecule has 0 saturated carbocycles. The van der Waals surface area contributed by atoms with Crippen LogP contribution in [0, 0.1) is 0 Å². The summed E-state index contributed by atoms with van der Waals surface area (Å²) in [5, 5.41) is 0. The first kappa shape index (κ1) is 22.4. The average Bonchev–Trinajstić information content (AvgIpc) is 0.722. The molecular formula is H7BiNbO4TaTi. The number of rotatable bonds is 0. The third-order valence-electron chi connectivity index (χ3n) is 0. The van der Waals surface area contributed by atoms with Gasteiger partial charge in [0.2, 0.25) is 0 Å². The standard InChI is InChI=1S/Bi.Nb.4H2O.Ta.Ti.3H/h;;4*1H2;;;;;/q;;;;;;;+4;;;/p-4. The summed E-state index contributed by atoms with van der Waals surface area (Å²) in [5.41, 5.74) is 0. The summed E-state index contributed by atoms with van der Waals surface area (Å²) in [6.45, 7) is 0. The van der Waals surface area contributed by atoms with Crippen LogP contribution in [0.25, 0.3) is 0 Å². The minimum atomic E-state index is -5.00. The second-order valence-corrected chi connectivity index (χ2v) is 2.47. The molecule has 8 heteroatoms. The molecule has 0 aromatic rings. The van der Waals surface area contributed by atoms with Gasteiger partial charge < -0.3 is 0 Å². The van der Waals surface area contributed by atoms with Gasteiger partial charge in [0, 0.05) is 44.8 Å². The van der Waals surface area contributed by atoms with Crippen LogP contribution < -0.4 is 0 Å². The fraction of sp³-hybridized carbons (Fsp3) is 0. The Hall–Kier alpha value is 2.92. The summed E-state index contributed by atoms with van der Waals surface area (Å²) in [5.74, 6) is 0. The Kier molecular flexibility index (Phi) is 27.8. The second-order valence-electron chi connectivity index (χ2n) is 0.600. The molecular weight excluding hydrogens is 595 g/mol. The Morgan fingerprint density at radius 2 is 0.875 bits per heavy atom. The van der Waals surface area contributed by atoms with Crippen LogP contribution in [0.1, 0.15) is 0 Å². The first-order chi connectivity index (χ1) is 2.00. The van der Waals surface area contributed by atoms with E-state index in [1.807, 2.05) is 0 Å². The van der Waals surface area contributed by atoms with Gasteiger partial charge in [0.25, 0.3) is 0 Å². The maximum Gasteiger partial charge on any atom is 0 e. The van der Waals surface area contributed by atoms with Gasteiger partial charge in [-0.3, -0.25) is 0 Å². The first-order valence-corrected chi connectivity index (χ1v) is 3.69. The van der Waals surface area contributed by atoms with Gasteiger partial charge in [-0.05, 0) is 0 Å². The van der Waals surface area contributed by atoms with E-state index in [2.05, 4.69) is 0 Å². The van der Waals surface area contributed by atoms with Crippen molar-refractivity contribution in [3.8, 4) is 0 Å². The first-order valence-electron chi connectivity index (χ1n) is 0.894. The van der Waals surface area contributed by atoms with Gasteiger partial charge in [0.1, 0.15) is 0 Å². The molecule has 4 N–H and O–H groups in total. The van der Waals surface area contributed by atoms with Crippen molar-refractivity contribution in [2.24, 2.45) is 0 Å². The van der Waals surface area contributed by atoms with Gasteiger partial charge in [-0.25, -0.2) is 0 Å². The summed E-state index contributed by atoms with van der Waals surface area (Å²) < 4.78 is 29.5. The topological polar surface area (TPSA) is 80.9 Å². The van der Waals surface area contributed by atoms with E-state index >= 15 is 0 Å². The van der Waals surface area contributed by atoms with E-state index in [1.54, 1.807) is 0 Å². The third kappa shape index (κ3) is 65.7.